The molecule has 8 nitrogen and oxygen atoms in total. The number of carbonyl (C=O) groups excluding carboxylic acids is 2. The Morgan fingerprint density at radius 3 is 2.24 bits per heavy atom. The highest BCUT2D eigenvalue weighted by molar-refractivity contribution is 5.92. The van der Waals surface area contributed by atoms with Gasteiger partial charge in [-0.3, -0.25) is 9.59 Å². The second-order valence-electron chi connectivity index (χ2n) is 7.44. The van der Waals surface area contributed by atoms with Gasteiger partial charge < -0.3 is 20.0 Å². The average molecular weight is 394 g/mol. The molecule has 1 aromatic carbocycles. The molecule has 0 bridgehead atoms. The predicted molar refractivity (Wildman–Crippen MR) is 111 cm³/mol. The highest BCUT2D eigenvalue weighted by Gasteiger charge is 2.22. The number of amides is 2. The summed E-state index contributed by atoms with van der Waals surface area (Å²) in [7, 11) is 0. The van der Waals surface area contributed by atoms with Crippen LogP contribution in [0.15, 0.2) is 36.7 Å². The highest BCUT2D eigenvalue weighted by Crippen LogP contribution is 2.23. The van der Waals surface area contributed by atoms with E-state index in [1.54, 1.807) is 16.0 Å². The zero-order valence-corrected chi connectivity index (χ0v) is 16.5. The molecule has 4 rings (SSSR count). The Balaban J connectivity index is 1.34. The molecule has 0 saturated carbocycles. The lowest BCUT2D eigenvalue weighted by Crippen LogP contribution is -2.48. The number of rotatable bonds is 5. The number of carbonyl (C=O) groups is 2. The first-order chi connectivity index (χ1) is 14.2. The van der Waals surface area contributed by atoms with Gasteiger partial charge in [0.15, 0.2) is 0 Å². The lowest BCUT2D eigenvalue weighted by molar-refractivity contribution is -0.119. The minimum atomic E-state index is -0.152. The van der Waals surface area contributed by atoms with E-state index in [0.29, 0.717) is 37.7 Å². The van der Waals surface area contributed by atoms with Crippen molar-refractivity contribution >= 4 is 29.5 Å². The molecule has 1 aromatic heterocycles. The van der Waals surface area contributed by atoms with Crippen LogP contribution in [-0.2, 0) is 4.79 Å². The number of aromatic nitrogens is 2. The molecule has 2 aromatic rings. The minimum Gasteiger partial charge on any atom is -0.372 e. The second kappa shape index (κ2) is 8.89. The molecule has 0 unspecified atom stereocenters. The maximum atomic E-state index is 12.5. The van der Waals surface area contributed by atoms with Crippen LogP contribution in [0.4, 0.5) is 17.2 Å². The third-order valence-electron chi connectivity index (χ3n) is 5.48. The van der Waals surface area contributed by atoms with Gasteiger partial charge >= 0.3 is 0 Å². The van der Waals surface area contributed by atoms with Crippen molar-refractivity contribution in [2.75, 3.05) is 49.5 Å². The van der Waals surface area contributed by atoms with Crippen molar-refractivity contribution in [3.05, 3.63) is 42.4 Å². The van der Waals surface area contributed by atoms with E-state index in [1.165, 1.54) is 31.1 Å². The van der Waals surface area contributed by atoms with Gasteiger partial charge in [-0.05, 0) is 43.5 Å². The molecule has 2 fully saturated rings. The Labute approximate surface area is 170 Å². The van der Waals surface area contributed by atoms with E-state index in [4.69, 9.17) is 0 Å². The van der Waals surface area contributed by atoms with Crippen molar-refractivity contribution in [1.82, 2.24) is 19.8 Å². The molecule has 0 radical (unpaired) electrons. The maximum Gasteiger partial charge on any atom is 0.274 e. The summed E-state index contributed by atoms with van der Waals surface area (Å²) in [5, 5.41) is 3.23. The standard InChI is InChI=1S/C21H26N6O2/c28-16-25-10-12-27(13-11-25)21(29)19-14-23-20(15-22-19)24-17-4-6-18(7-5-17)26-8-2-1-3-9-26/h4-7,14-16H,1-3,8-13H2,(H,23,24). The fourth-order valence-electron chi connectivity index (χ4n) is 3.75. The van der Waals surface area contributed by atoms with Crippen molar-refractivity contribution in [2.45, 2.75) is 19.3 Å². The molecule has 29 heavy (non-hydrogen) atoms. The summed E-state index contributed by atoms with van der Waals surface area (Å²) in [6.07, 6.45) is 7.73. The molecule has 2 aliphatic rings. The van der Waals surface area contributed by atoms with E-state index >= 15 is 0 Å². The largest absolute Gasteiger partial charge is 0.372 e. The SMILES string of the molecule is O=CN1CCN(C(=O)c2cnc(Nc3ccc(N4CCCCC4)cc3)cn2)CC1. The lowest BCUT2D eigenvalue weighted by Gasteiger charge is -2.32. The Morgan fingerprint density at radius 2 is 1.62 bits per heavy atom. The van der Waals surface area contributed by atoms with Crippen molar-refractivity contribution in [2.24, 2.45) is 0 Å². The number of nitrogens with one attached hydrogen (secondary N) is 1. The van der Waals surface area contributed by atoms with Gasteiger partial charge in [0.05, 0.1) is 12.4 Å². The first kappa shape index (κ1) is 19.2. The van der Waals surface area contributed by atoms with Crippen LogP contribution in [0.3, 0.4) is 0 Å². The van der Waals surface area contributed by atoms with E-state index in [0.717, 1.165) is 25.2 Å². The monoisotopic (exact) mass is 394 g/mol. The molecule has 152 valence electrons. The van der Waals surface area contributed by atoms with Gasteiger partial charge in [0.25, 0.3) is 5.91 Å². The van der Waals surface area contributed by atoms with Crippen LogP contribution in [-0.4, -0.2) is 71.4 Å². The number of piperazine rings is 1. The Morgan fingerprint density at radius 1 is 0.897 bits per heavy atom. The molecule has 1 N–H and O–H groups in total. The van der Waals surface area contributed by atoms with Crippen molar-refractivity contribution in [3.8, 4) is 0 Å². The molecular formula is C21H26N6O2. The summed E-state index contributed by atoms with van der Waals surface area (Å²) in [6.45, 7) is 4.38. The van der Waals surface area contributed by atoms with Gasteiger partial charge in [0.2, 0.25) is 6.41 Å². The summed E-state index contributed by atoms with van der Waals surface area (Å²) in [4.78, 5) is 37.7. The average Bonchev–Trinajstić information content (AvgIpc) is 2.80. The third kappa shape index (κ3) is 4.64. The molecule has 8 heteroatoms. The van der Waals surface area contributed by atoms with E-state index in [9.17, 15) is 9.59 Å². The number of piperidine rings is 1. The second-order valence-corrected chi connectivity index (χ2v) is 7.44. The van der Waals surface area contributed by atoms with Gasteiger partial charge in [-0.2, -0.15) is 0 Å². The van der Waals surface area contributed by atoms with Crippen molar-refractivity contribution < 1.29 is 9.59 Å². The Bertz CT molecular complexity index is 825. The van der Waals surface area contributed by atoms with Gasteiger partial charge in [0, 0.05) is 50.6 Å². The van der Waals surface area contributed by atoms with Crippen LogP contribution in [0.5, 0.6) is 0 Å². The minimum absolute atomic E-state index is 0.152. The fraction of sp³-hybridized carbons (Fsp3) is 0.429. The number of hydrogen-bond acceptors (Lipinski definition) is 6. The fourth-order valence-corrected chi connectivity index (χ4v) is 3.75. The predicted octanol–water partition coefficient (Wildman–Crippen LogP) is 2.12. The number of hydrogen-bond donors (Lipinski definition) is 1. The molecule has 2 amide bonds. The van der Waals surface area contributed by atoms with E-state index in [2.05, 4.69) is 32.3 Å². The normalized spacial score (nSPS) is 17.2. The van der Waals surface area contributed by atoms with E-state index < -0.39 is 0 Å². The van der Waals surface area contributed by atoms with Crippen LogP contribution in [0, 0.1) is 0 Å². The summed E-state index contributed by atoms with van der Waals surface area (Å²) in [6, 6.07) is 8.32. The smallest absolute Gasteiger partial charge is 0.274 e. The summed E-state index contributed by atoms with van der Waals surface area (Å²) in [5.74, 6) is 0.443. The first-order valence-electron chi connectivity index (χ1n) is 10.2. The van der Waals surface area contributed by atoms with Crippen molar-refractivity contribution in [1.29, 1.82) is 0 Å². The number of nitrogens with zero attached hydrogens (tertiary/aromatic N) is 5. The third-order valence-corrected chi connectivity index (χ3v) is 5.48. The Kier molecular flexibility index (Phi) is 5.88. The van der Waals surface area contributed by atoms with E-state index in [-0.39, 0.29) is 5.91 Å². The summed E-state index contributed by atoms with van der Waals surface area (Å²) in [5.41, 5.74) is 2.50. The zero-order chi connectivity index (χ0) is 20.1. The molecule has 0 spiro atoms. The maximum absolute atomic E-state index is 12.5. The van der Waals surface area contributed by atoms with Crippen LogP contribution < -0.4 is 10.2 Å². The topological polar surface area (TPSA) is 81.7 Å². The quantitative estimate of drug-likeness (QED) is 0.783. The van der Waals surface area contributed by atoms with Crippen LogP contribution >= 0.6 is 0 Å². The first-order valence-corrected chi connectivity index (χ1v) is 10.2. The number of benzene rings is 1. The molecule has 0 atom stereocenters. The van der Waals surface area contributed by atoms with Gasteiger partial charge in [-0.25, -0.2) is 9.97 Å². The zero-order valence-electron chi connectivity index (χ0n) is 16.5. The van der Waals surface area contributed by atoms with E-state index in [1.807, 2.05) is 12.1 Å². The lowest BCUT2D eigenvalue weighted by atomic mass is 10.1. The van der Waals surface area contributed by atoms with Crippen LogP contribution in [0.1, 0.15) is 29.8 Å². The van der Waals surface area contributed by atoms with Crippen LogP contribution in [0.25, 0.3) is 0 Å². The molecular weight excluding hydrogens is 368 g/mol. The molecule has 2 saturated heterocycles. The highest BCUT2D eigenvalue weighted by atomic mass is 16.2. The summed E-state index contributed by atoms with van der Waals surface area (Å²) < 4.78 is 0. The van der Waals surface area contributed by atoms with Gasteiger partial charge in [0.1, 0.15) is 11.5 Å². The van der Waals surface area contributed by atoms with Gasteiger partial charge in [-0.1, -0.05) is 0 Å². The van der Waals surface area contributed by atoms with Gasteiger partial charge in [-0.15, -0.1) is 0 Å². The Hall–Kier alpha value is -3.16. The number of anilines is 3. The molecule has 0 aliphatic carbocycles. The van der Waals surface area contributed by atoms with Crippen LogP contribution in [0.2, 0.25) is 0 Å². The molecule has 3 heterocycles. The van der Waals surface area contributed by atoms with Crippen molar-refractivity contribution in [3.63, 3.8) is 0 Å². The summed E-state index contributed by atoms with van der Waals surface area (Å²) >= 11 is 0. The molecule has 2 aliphatic heterocycles.